The molecule has 33 heavy (non-hydrogen) atoms. The van der Waals surface area contributed by atoms with Crippen molar-refractivity contribution in [1.29, 1.82) is 0 Å². The summed E-state index contributed by atoms with van der Waals surface area (Å²) in [5.41, 5.74) is 1.30. The molecule has 0 unspecified atom stereocenters. The number of hydrogen-bond donors (Lipinski definition) is 2. The minimum Gasteiger partial charge on any atom is -0.493 e. The summed E-state index contributed by atoms with van der Waals surface area (Å²) < 4.78 is 51.3. The van der Waals surface area contributed by atoms with Gasteiger partial charge in [0.2, 0.25) is 5.91 Å². The lowest BCUT2D eigenvalue weighted by Gasteiger charge is -2.13. The molecule has 0 aliphatic heterocycles. The first-order valence-corrected chi connectivity index (χ1v) is 9.72. The third-order valence-corrected chi connectivity index (χ3v) is 4.29. The number of hydrogen-bond acceptors (Lipinski definition) is 6. The molecule has 0 bridgehead atoms. The average Bonchev–Trinajstić information content (AvgIpc) is 2.79. The van der Waals surface area contributed by atoms with Crippen LogP contribution in [0.1, 0.15) is 22.3 Å². The minimum atomic E-state index is -4.47. The Kier molecular flexibility index (Phi) is 9.08. The van der Waals surface area contributed by atoms with Crippen LogP contribution in [0.25, 0.3) is 0 Å². The number of ether oxygens (including phenoxy) is 3. The molecule has 0 aliphatic carbocycles. The molecule has 0 aliphatic rings. The highest BCUT2D eigenvalue weighted by atomic mass is 19.4. The first-order valence-electron chi connectivity index (χ1n) is 9.72. The van der Waals surface area contributed by atoms with Gasteiger partial charge in [0.15, 0.2) is 18.1 Å². The van der Waals surface area contributed by atoms with Crippen molar-refractivity contribution in [3.8, 4) is 11.5 Å². The predicted octanol–water partition coefficient (Wildman–Crippen LogP) is 3.11. The van der Waals surface area contributed by atoms with Gasteiger partial charge in [0.1, 0.15) is 6.54 Å². The van der Waals surface area contributed by atoms with E-state index < -0.39 is 24.7 Å². The van der Waals surface area contributed by atoms with Gasteiger partial charge in [0, 0.05) is 17.7 Å². The molecule has 11 heteroatoms. The Balaban J connectivity index is 1.92. The maximum atomic E-state index is 12.3. The lowest BCUT2D eigenvalue weighted by atomic mass is 10.1. The maximum Gasteiger partial charge on any atom is 0.422 e. The van der Waals surface area contributed by atoms with E-state index in [0.717, 1.165) is 0 Å². The van der Waals surface area contributed by atoms with Crippen LogP contribution in [-0.2, 0) is 20.7 Å². The van der Waals surface area contributed by atoms with Crippen LogP contribution in [0.2, 0.25) is 0 Å². The molecule has 2 rings (SSSR count). The van der Waals surface area contributed by atoms with E-state index in [1.807, 2.05) is 0 Å². The number of amides is 2. The van der Waals surface area contributed by atoms with Crippen molar-refractivity contribution in [2.24, 2.45) is 0 Å². The van der Waals surface area contributed by atoms with Crippen LogP contribution in [0.15, 0.2) is 42.5 Å². The highest BCUT2D eigenvalue weighted by Gasteiger charge is 2.29. The van der Waals surface area contributed by atoms with Crippen molar-refractivity contribution in [1.82, 2.24) is 5.32 Å². The molecule has 2 N–H and O–H groups in total. The number of halogens is 3. The summed E-state index contributed by atoms with van der Waals surface area (Å²) in [6.45, 7) is -1.72. The van der Waals surface area contributed by atoms with E-state index in [-0.39, 0.29) is 35.9 Å². The van der Waals surface area contributed by atoms with E-state index in [2.05, 4.69) is 15.4 Å². The zero-order chi connectivity index (χ0) is 24.4. The second-order valence-electron chi connectivity index (χ2n) is 6.78. The Hall–Kier alpha value is -3.76. The van der Waals surface area contributed by atoms with E-state index in [9.17, 15) is 27.6 Å². The van der Waals surface area contributed by atoms with Gasteiger partial charge in [-0.1, -0.05) is 12.1 Å². The van der Waals surface area contributed by atoms with Crippen molar-refractivity contribution < 1.29 is 41.8 Å². The quantitative estimate of drug-likeness (QED) is 0.520. The molecule has 2 amide bonds. The Bertz CT molecular complexity index is 994. The van der Waals surface area contributed by atoms with Gasteiger partial charge < -0.3 is 24.8 Å². The number of nitrogens with one attached hydrogen (secondary N) is 2. The predicted molar refractivity (Wildman–Crippen MR) is 112 cm³/mol. The molecular weight excluding hydrogens is 445 g/mol. The number of aryl methyl sites for hydroxylation is 1. The van der Waals surface area contributed by atoms with Crippen LogP contribution in [-0.4, -0.2) is 51.3 Å². The molecule has 2 aromatic carbocycles. The Labute approximate surface area is 188 Å². The summed E-state index contributed by atoms with van der Waals surface area (Å²) in [4.78, 5) is 35.5. The maximum absolute atomic E-state index is 12.3. The first kappa shape index (κ1) is 25.5. The van der Waals surface area contributed by atoms with Gasteiger partial charge in [0.05, 0.1) is 14.2 Å². The molecule has 0 fully saturated rings. The minimum absolute atomic E-state index is 0.0506. The van der Waals surface area contributed by atoms with E-state index >= 15 is 0 Å². The van der Waals surface area contributed by atoms with E-state index in [1.165, 1.54) is 38.5 Å². The lowest BCUT2D eigenvalue weighted by molar-refractivity contribution is -0.153. The smallest absolute Gasteiger partial charge is 0.422 e. The Morgan fingerprint density at radius 3 is 2.42 bits per heavy atom. The van der Waals surface area contributed by atoms with Gasteiger partial charge in [-0.2, -0.15) is 13.2 Å². The van der Waals surface area contributed by atoms with E-state index in [1.54, 1.807) is 18.2 Å². The average molecular weight is 468 g/mol. The van der Waals surface area contributed by atoms with Gasteiger partial charge in [-0.25, -0.2) is 0 Å². The van der Waals surface area contributed by atoms with Gasteiger partial charge in [0.25, 0.3) is 5.91 Å². The lowest BCUT2D eigenvalue weighted by Crippen LogP contribution is -2.30. The molecule has 0 heterocycles. The van der Waals surface area contributed by atoms with Crippen LogP contribution >= 0.6 is 0 Å². The number of esters is 1. The van der Waals surface area contributed by atoms with E-state index in [4.69, 9.17) is 9.47 Å². The first-order chi connectivity index (χ1) is 15.6. The zero-order valence-corrected chi connectivity index (χ0v) is 18.0. The Morgan fingerprint density at radius 2 is 1.76 bits per heavy atom. The van der Waals surface area contributed by atoms with Crippen molar-refractivity contribution >= 4 is 23.5 Å². The number of rotatable bonds is 10. The molecule has 0 radical (unpaired) electrons. The summed E-state index contributed by atoms with van der Waals surface area (Å²) in [6.07, 6.45) is -4.10. The monoisotopic (exact) mass is 468 g/mol. The summed E-state index contributed by atoms with van der Waals surface area (Å²) in [7, 11) is 2.51. The fraction of sp³-hybridized carbons (Fsp3) is 0.318. The molecule has 0 saturated carbocycles. The molecule has 178 valence electrons. The molecule has 0 saturated heterocycles. The standard InChI is InChI=1S/C22H23F3N2O6/c1-31-18-10-14(6-8-17(18)33-13-22(23,24)25)7-9-19(28)27-16-5-3-4-15(11-16)21(30)26-12-20(29)32-2/h3-6,8,10-11H,7,9,12-13H2,1-2H3,(H,26,30)(H,27,28). The van der Waals surface area contributed by atoms with Gasteiger partial charge in [-0.15, -0.1) is 0 Å². The highest BCUT2D eigenvalue weighted by molar-refractivity contribution is 5.98. The molecule has 2 aromatic rings. The number of anilines is 1. The van der Waals surface area contributed by atoms with E-state index in [0.29, 0.717) is 17.7 Å². The SMILES string of the molecule is COC(=O)CNC(=O)c1cccc(NC(=O)CCc2ccc(OCC(F)(F)F)c(OC)c2)c1. The molecule has 0 spiro atoms. The van der Waals surface area contributed by atoms with Crippen LogP contribution in [0, 0.1) is 0 Å². The van der Waals surface area contributed by atoms with Crippen LogP contribution < -0.4 is 20.1 Å². The van der Waals surface area contributed by atoms with Crippen LogP contribution in [0.5, 0.6) is 11.5 Å². The summed E-state index contributed by atoms with van der Waals surface area (Å²) in [6, 6.07) is 10.6. The molecular formula is C22H23F3N2O6. The molecule has 8 nitrogen and oxygen atoms in total. The van der Waals surface area contributed by atoms with Crippen molar-refractivity contribution in [3.63, 3.8) is 0 Å². The number of benzene rings is 2. The van der Waals surface area contributed by atoms with Crippen molar-refractivity contribution in [2.75, 3.05) is 32.7 Å². The van der Waals surface area contributed by atoms with Gasteiger partial charge in [-0.3, -0.25) is 14.4 Å². The normalized spacial score (nSPS) is 10.8. The van der Waals surface area contributed by atoms with Gasteiger partial charge in [-0.05, 0) is 42.3 Å². The second-order valence-corrected chi connectivity index (χ2v) is 6.78. The summed E-state index contributed by atoms with van der Waals surface area (Å²) in [5.74, 6) is -1.35. The molecule has 0 atom stereocenters. The topological polar surface area (TPSA) is 103 Å². The third-order valence-electron chi connectivity index (χ3n) is 4.29. The van der Waals surface area contributed by atoms with Crippen molar-refractivity contribution in [3.05, 3.63) is 53.6 Å². The van der Waals surface area contributed by atoms with Crippen LogP contribution in [0.4, 0.5) is 18.9 Å². The number of carbonyl (C=O) groups excluding carboxylic acids is 3. The number of methoxy groups -OCH3 is 2. The second kappa shape index (κ2) is 11.7. The van der Waals surface area contributed by atoms with Crippen molar-refractivity contribution in [2.45, 2.75) is 19.0 Å². The van der Waals surface area contributed by atoms with Gasteiger partial charge >= 0.3 is 12.1 Å². The number of alkyl halides is 3. The largest absolute Gasteiger partial charge is 0.493 e. The fourth-order valence-electron chi connectivity index (χ4n) is 2.69. The third kappa shape index (κ3) is 8.71. The number of carbonyl (C=O) groups is 3. The van der Waals surface area contributed by atoms with Crippen LogP contribution in [0.3, 0.4) is 0 Å². The summed E-state index contributed by atoms with van der Waals surface area (Å²) in [5, 5.41) is 5.07. The summed E-state index contributed by atoms with van der Waals surface area (Å²) >= 11 is 0. The Morgan fingerprint density at radius 1 is 1.00 bits per heavy atom. The highest BCUT2D eigenvalue weighted by Crippen LogP contribution is 2.30. The molecule has 0 aromatic heterocycles. The zero-order valence-electron chi connectivity index (χ0n) is 18.0. The fourth-order valence-corrected chi connectivity index (χ4v) is 2.69.